The van der Waals surface area contributed by atoms with Gasteiger partial charge in [-0.3, -0.25) is 0 Å². The molecule has 0 unspecified atom stereocenters. The summed E-state index contributed by atoms with van der Waals surface area (Å²) in [5.41, 5.74) is 9.18. The highest BCUT2D eigenvalue weighted by molar-refractivity contribution is 6.25. The first kappa shape index (κ1) is 32.0. The topological polar surface area (TPSA) is 6.48 Å². The number of benzene rings is 11. The van der Waals surface area contributed by atoms with Crippen molar-refractivity contribution in [3.05, 3.63) is 218 Å². The van der Waals surface area contributed by atoms with E-state index in [4.69, 9.17) is 0 Å². The van der Waals surface area contributed by atoms with Crippen LogP contribution in [0.4, 0.5) is 34.1 Å². The van der Waals surface area contributed by atoms with E-state index in [1.165, 1.54) is 70.7 Å². The minimum Gasteiger partial charge on any atom is -0.310 e. The van der Waals surface area contributed by atoms with Gasteiger partial charge < -0.3 is 9.80 Å². The molecule has 2 heteroatoms. The van der Waals surface area contributed by atoms with Crippen LogP contribution in [0.5, 0.6) is 0 Å². The molecule has 0 aliphatic carbocycles. The molecule has 11 aromatic carbocycles. The molecule has 0 radical (unpaired) electrons. The number of nitrogens with zero attached hydrogens (tertiary/aromatic N) is 2. The van der Waals surface area contributed by atoms with Gasteiger partial charge in [-0.25, -0.2) is 0 Å². The van der Waals surface area contributed by atoms with Crippen LogP contribution in [-0.4, -0.2) is 0 Å². The van der Waals surface area contributed by atoms with Crippen molar-refractivity contribution >= 4 is 88.0 Å². The maximum atomic E-state index is 2.41. The predicted molar refractivity (Wildman–Crippen MR) is 240 cm³/mol. The van der Waals surface area contributed by atoms with Gasteiger partial charge in [0.1, 0.15) is 0 Å². The van der Waals surface area contributed by atoms with Gasteiger partial charge in [-0.15, -0.1) is 0 Å². The van der Waals surface area contributed by atoms with Gasteiger partial charge in [-0.2, -0.15) is 0 Å². The van der Waals surface area contributed by atoms with Gasteiger partial charge >= 0.3 is 0 Å². The highest BCUT2D eigenvalue weighted by atomic mass is 15.1. The fraction of sp³-hybridized carbons (Fsp3) is 0. The highest BCUT2D eigenvalue weighted by Crippen LogP contribution is 2.45. The summed E-state index contributed by atoms with van der Waals surface area (Å²) in [4.78, 5) is 4.80. The fourth-order valence-corrected chi connectivity index (χ4v) is 8.74. The second-order valence-corrected chi connectivity index (χ2v) is 14.5. The second-order valence-electron chi connectivity index (χ2n) is 14.5. The summed E-state index contributed by atoms with van der Waals surface area (Å²) in [7, 11) is 0. The molecular weight excluding hydrogens is 677 g/mol. The van der Waals surface area contributed by atoms with Crippen molar-refractivity contribution in [3.63, 3.8) is 0 Å². The lowest BCUT2D eigenvalue weighted by atomic mass is 9.93. The summed E-state index contributed by atoms with van der Waals surface area (Å²) in [6.07, 6.45) is 0. The molecular formula is C54H36N2. The monoisotopic (exact) mass is 712 g/mol. The molecule has 0 aliphatic rings. The van der Waals surface area contributed by atoms with Crippen LogP contribution in [0.1, 0.15) is 0 Å². The fourth-order valence-electron chi connectivity index (χ4n) is 8.74. The van der Waals surface area contributed by atoms with E-state index in [1.807, 2.05) is 0 Å². The van der Waals surface area contributed by atoms with Gasteiger partial charge in [0.05, 0.1) is 17.1 Å². The zero-order valence-corrected chi connectivity index (χ0v) is 30.7. The zero-order chi connectivity index (χ0) is 37.0. The number of fused-ring (bicyclic) bond motifs is 2. The Bertz CT molecular complexity index is 3080. The maximum absolute atomic E-state index is 2.41. The average Bonchev–Trinajstić information content (AvgIpc) is 3.27. The lowest BCUT2D eigenvalue weighted by Crippen LogP contribution is -2.11. The van der Waals surface area contributed by atoms with Crippen LogP contribution in [0.2, 0.25) is 0 Å². The van der Waals surface area contributed by atoms with E-state index in [9.17, 15) is 0 Å². The molecule has 0 amide bonds. The van der Waals surface area contributed by atoms with E-state index in [0.29, 0.717) is 0 Å². The number of para-hydroxylation sites is 1. The second kappa shape index (κ2) is 13.2. The SMILES string of the molecule is c1ccc(N(c2ccc(-c3ccc(N(c4cccc5ccccc45)c4cccc5ccccc45)cc3)cc2)c2ccc3ccc4cccc5ccc2c3c45)cc1. The molecule has 0 atom stereocenters. The van der Waals surface area contributed by atoms with E-state index < -0.39 is 0 Å². The molecule has 0 saturated carbocycles. The number of anilines is 6. The Morgan fingerprint density at radius 3 is 1.23 bits per heavy atom. The highest BCUT2D eigenvalue weighted by Gasteiger charge is 2.20. The van der Waals surface area contributed by atoms with Gasteiger partial charge in [-0.1, -0.05) is 164 Å². The van der Waals surface area contributed by atoms with Crippen LogP contribution in [0.3, 0.4) is 0 Å². The van der Waals surface area contributed by atoms with Crippen LogP contribution >= 0.6 is 0 Å². The minimum atomic E-state index is 1.11. The molecule has 0 bridgehead atoms. The summed E-state index contributed by atoms with van der Waals surface area (Å²) in [5, 5.41) is 12.6. The van der Waals surface area contributed by atoms with E-state index in [2.05, 4.69) is 228 Å². The third-order valence-corrected chi connectivity index (χ3v) is 11.4. The molecule has 11 aromatic rings. The summed E-state index contributed by atoms with van der Waals surface area (Å²) < 4.78 is 0. The van der Waals surface area contributed by atoms with Gasteiger partial charge in [0.2, 0.25) is 0 Å². The van der Waals surface area contributed by atoms with Crippen LogP contribution in [0.15, 0.2) is 218 Å². The number of hydrogen-bond donors (Lipinski definition) is 0. The van der Waals surface area contributed by atoms with Gasteiger partial charge in [0, 0.05) is 33.2 Å². The van der Waals surface area contributed by atoms with Crippen molar-refractivity contribution in [1.29, 1.82) is 0 Å². The van der Waals surface area contributed by atoms with Crippen LogP contribution in [0.25, 0.3) is 65.0 Å². The van der Waals surface area contributed by atoms with Gasteiger partial charge in [0.25, 0.3) is 0 Å². The largest absolute Gasteiger partial charge is 0.310 e. The summed E-state index contributed by atoms with van der Waals surface area (Å²) >= 11 is 0. The average molecular weight is 713 g/mol. The summed E-state index contributed by atoms with van der Waals surface area (Å²) in [6, 6.07) is 79.4. The molecule has 0 aromatic heterocycles. The first-order chi connectivity index (χ1) is 27.8. The van der Waals surface area contributed by atoms with Crippen molar-refractivity contribution in [2.75, 3.05) is 9.80 Å². The van der Waals surface area contributed by atoms with Crippen LogP contribution < -0.4 is 9.80 Å². The Morgan fingerprint density at radius 1 is 0.214 bits per heavy atom. The van der Waals surface area contributed by atoms with Crippen molar-refractivity contribution in [2.24, 2.45) is 0 Å². The predicted octanol–water partition coefficient (Wildman–Crippen LogP) is 15.5. The summed E-state index contributed by atoms with van der Waals surface area (Å²) in [6.45, 7) is 0. The van der Waals surface area contributed by atoms with Crippen molar-refractivity contribution in [1.82, 2.24) is 0 Å². The zero-order valence-electron chi connectivity index (χ0n) is 30.7. The molecule has 0 aliphatic heterocycles. The van der Waals surface area contributed by atoms with Gasteiger partial charge in [-0.05, 0) is 103 Å². The molecule has 0 fully saturated rings. The molecule has 0 saturated heterocycles. The maximum Gasteiger partial charge on any atom is 0.0540 e. The lowest BCUT2D eigenvalue weighted by Gasteiger charge is -2.28. The Kier molecular flexibility index (Phi) is 7.53. The Morgan fingerprint density at radius 2 is 0.625 bits per heavy atom. The van der Waals surface area contributed by atoms with E-state index in [1.54, 1.807) is 0 Å². The molecule has 11 rings (SSSR count). The lowest BCUT2D eigenvalue weighted by molar-refractivity contribution is 1.30. The van der Waals surface area contributed by atoms with Crippen molar-refractivity contribution < 1.29 is 0 Å². The summed E-state index contributed by atoms with van der Waals surface area (Å²) in [5.74, 6) is 0. The standard InChI is InChI=1S/C54H36N2/c1-2-17-44(18-3-1)55(52-36-30-43-24-23-41-15-8-16-42-29-35-49(52)54(43)53(41)42)45-31-25-37(26-32-45)38-27-33-46(34-28-38)56(50-21-9-13-39-11-4-6-19-47(39)50)51-22-10-14-40-12-5-7-20-48(40)51/h1-36H. The minimum absolute atomic E-state index is 1.11. The Balaban J connectivity index is 0.999. The molecule has 0 N–H and O–H groups in total. The molecule has 262 valence electrons. The first-order valence-electron chi connectivity index (χ1n) is 19.3. The van der Waals surface area contributed by atoms with Gasteiger partial charge in [0.15, 0.2) is 0 Å². The van der Waals surface area contributed by atoms with Crippen molar-refractivity contribution in [3.8, 4) is 11.1 Å². The third kappa shape index (κ3) is 5.26. The number of hydrogen-bond acceptors (Lipinski definition) is 2. The normalized spacial score (nSPS) is 11.6. The molecule has 0 spiro atoms. The van der Waals surface area contributed by atoms with E-state index >= 15 is 0 Å². The van der Waals surface area contributed by atoms with Crippen LogP contribution in [-0.2, 0) is 0 Å². The van der Waals surface area contributed by atoms with E-state index in [0.717, 1.165) is 28.4 Å². The first-order valence-corrected chi connectivity index (χ1v) is 19.3. The van der Waals surface area contributed by atoms with E-state index in [-0.39, 0.29) is 0 Å². The number of rotatable bonds is 7. The molecule has 2 nitrogen and oxygen atoms in total. The quantitative estimate of drug-likeness (QED) is 0.152. The Labute approximate surface area is 326 Å². The Hall–Kier alpha value is -7.42. The third-order valence-electron chi connectivity index (χ3n) is 11.4. The molecule has 56 heavy (non-hydrogen) atoms. The molecule has 0 heterocycles. The smallest absolute Gasteiger partial charge is 0.0540 e. The van der Waals surface area contributed by atoms with Crippen molar-refractivity contribution in [2.45, 2.75) is 0 Å². The van der Waals surface area contributed by atoms with Crippen LogP contribution in [0, 0.1) is 0 Å².